The van der Waals surface area contributed by atoms with Crippen molar-refractivity contribution in [2.24, 2.45) is 5.41 Å². The molecular weight excluding hydrogens is 338 g/mol. The number of amides is 1. The average molecular weight is 361 g/mol. The fourth-order valence-corrected chi connectivity index (χ4v) is 4.30. The second-order valence-corrected chi connectivity index (χ2v) is 9.71. The Bertz CT molecular complexity index is 966. The Morgan fingerprint density at radius 3 is 2.52 bits per heavy atom. The van der Waals surface area contributed by atoms with Crippen LogP contribution in [0.15, 0.2) is 18.2 Å². The summed E-state index contributed by atoms with van der Waals surface area (Å²) in [6, 6.07) is 5.86. The summed E-state index contributed by atoms with van der Waals surface area (Å²) < 4.78 is 25.7. The number of sulfone groups is 1. The third-order valence-corrected chi connectivity index (χ3v) is 5.95. The summed E-state index contributed by atoms with van der Waals surface area (Å²) in [6.07, 6.45) is 0. The van der Waals surface area contributed by atoms with Gasteiger partial charge in [-0.25, -0.2) is 13.1 Å². The zero-order valence-electron chi connectivity index (χ0n) is 15.2. The molecule has 0 radical (unpaired) electrons. The molecule has 0 bridgehead atoms. The first-order valence-corrected chi connectivity index (χ1v) is 10.0. The predicted octanol–water partition coefficient (Wildman–Crippen LogP) is 2.90. The Morgan fingerprint density at radius 1 is 1.20 bits per heavy atom. The number of aromatic nitrogens is 2. The van der Waals surface area contributed by atoms with Crippen molar-refractivity contribution < 1.29 is 13.2 Å². The summed E-state index contributed by atoms with van der Waals surface area (Å²) in [5.41, 5.74) is 3.51. The lowest BCUT2D eigenvalue weighted by Gasteiger charge is -2.20. The van der Waals surface area contributed by atoms with Crippen LogP contribution in [-0.4, -0.2) is 24.1 Å². The molecule has 1 amide bonds. The minimum absolute atomic E-state index is 0.0847. The summed E-state index contributed by atoms with van der Waals surface area (Å²) in [7, 11) is -3.20. The molecule has 1 aromatic heterocycles. The number of carbonyl (C=O) groups excluding carboxylic acids is 1. The Labute approximate surface area is 148 Å². The number of hydrogen-bond acceptors (Lipinski definition) is 4. The molecule has 0 saturated carbocycles. The number of nitrogens with zero attached hydrogens (tertiary/aromatic N) is 2. The lowest BCUT2D eigenvalue weighted by molar-refractivity contribution is -0.123. The van der Waals surface area contributed by atoms with Gasteiger partial charge < -0.3 is 5.32 Å². The normalized spacial score (nSPS) is 15.9. The van der Waals surface area contributed by atoms with Crippen molar-refractivity contribution in [3.63, 3.8) is 0 Å². The van der Waals surface area contributed by atoms with Gasteiger partial charge in [-0.05, 0) is 31.0 Å². The number of benzene rings is 1. The molecule has 0 aliphatic carbocycles. The number of aryl methyl sites for hydroxylation is 1. The molecule has 2 aromatic rings. The molecule has 1 aliphatic rings. The van der Waals surface area contributed by atoms with E-state index in [4.69, 9.17) is 0 Å². The number of fused-ring (bicyclic) bond motifs is 1. The third kappa shape index (κ3) is 3.20. The smallest absolute Gasteiger partial charge is 0.230 e. The molecule has 134 valence electrons. The Morgan fingerprint density at radius 2 is 1.88 bits per heavy atom. The fraction of sp³-hybridized carbons (Fsp3) is 0.444. The zero-order valence-corrected chi connectivity index (χ0v) is 16.0. The van der Waals surface area contributed by atoms with Crippen LogP contribution < -0.4 is 5.32 Å². The maximum atomic E-state index is 12.5. The van der Waals surface area contributed by atoms with Crippen molar-refractivity contribution in [2.45, 2.75) is 46.1 Å². The van der Waals surface area contributed by atoms with Gasteiger partial charge in [0.25, 0.3) is 0 Å². The highest BCUT2D eigenvalue weighted by molar-refractivity contribution is 7.90. The van der Waals surface area contributed by atoms with Crippen LogP contribution in [0.4, 0.5) is 5.82 Å². The van der Waals surface area contributed by atoms with Crippen LogP contribution in [0.1, 0.15) is 43.2 Å². The van der Waals surface area contributed by atoms with Crippen molar-refractivity contribution in [1.82, 2.24) is 9.78 Å². The summed E-state index contributed by atoms with van der Waals surface area (Å²) in [6.45, 7) is 9.45. The first-order chi connectivity index (χ1) is 11.5. The summed E-state index contributed by atoms with van der Waals surface area (Å²) in [4.78, 5) is 12.5. The van der Waals surface area contributed by atoms with Gasteiger partial charge in [0, 0.05) is 11.0 Å². The van der Waals surface area contributed by atoms with Gasteiger partial charge in [0.1, 0.15) is 5.82 Å². The van der Waals surface area contributed by atoms with Gasteiger partial charge in [0.05, 0.1) is 22.9 Å². The van der Waals surface area contributed by atoms with Crippen molar-refractivity contribution in [2.75, 3.05) is 5.32 Å². The van der Waals surface area contributed by atoms with E-state index in [1.54, 1.807) is 4.68 Å². The van der Waals surface area contributed by atoms with Gasteiger partial charge in [-0.2, -0.15) is 5.10 Å². The predicted molar refractivity (Wildman–Crippen MR) is 97.5 cm³/mol. The molecular formula is C18H23N3O3S. The van der Waals surface area contributed by atoms with Crippen molar-refractivity contribution >= 4 is 21.6 Å². The van der Waals surface area contributed by atoms with Crippen molar-refractivity contribution in [3.8, 4) is 5.69 Å². The van der Waals surface area contributed by atoms with Gasteiger partial charge in [-0.3, -0.25) is 4.79 Å². The Balaban J connectivity index is 2.17. The van der Waals surface area contributed by atoms with E-state index in [1.807, 2.05) is 52.8 Å². The molecule has 0 unspecified atom stereocenters. The zero-order chi connectivity index (χ0) is 18.6. The van der Waals surface area contributed by atoms with E-state index in [0.29, 0.717) is 17.1 Å². The molecule has 1 N–H and O–H groups in total. The fourth-order valence-electron chi connectivity index (χ4n) is 2.81. The van der Waals surface area contributed by atoms with E-state index in [9.17, 15) is 13.2 Å². The van der Waals surface area contributed by atoms with Crippen molar-refractivity contribution in [1.29, 1.82) is 0 Å². The maximum Gasteiger partial charge on any atom is 0.230 e. The molecule has 0 atom stereocenters. The van der Waals surface area contributed by atoms with Gasteiger partial charge in [-0.1, -0.05) is 32.9 Å². The molecule has 7 heteroatoms. The highest BCUT2D eigenvalue weighted by Crippen LogP contribution is 2.34. The Hall–Kier alpha value is -2.15. The first-order valence-electron chi connectivity index (χ1n) is 8.19. The highest BCUT2D eigenvalue weighted by Gasteiger charge is 2.34. The van der Waals surface area contributed by atoms with E-state index in [1.165, 1.54) is 0 Å². The van der Waals surface area contributed by atoms with Gasteiger partial charge in [0.15, 0.2) is 9.84 Å². The molecule has 0 saturated heterocycles. The number of hydrogen-bond donors (Lipinski definition) is 1. The summed E-state index contributed by atoms with van der Waals surface area (Å²) in [5, 5.41) is 7.43. The largest absolute Gasteiger partial charge is 0.310 e. The SMILES string of the molecule is Cc1cccc(-n2nc3c(c2NC(=O)C(C)(C)C)CS(=O)(=O)C3)c1C. The van der Waals surface area contributed by atoms with Gasteiger partial charge in [0.2, 0.25) is 5.91 Å². The minimum atomic E-state index is -3.20. The average Bonchev–Trinajstić information content (AvgIpc) is 2.94. The van der Waals surface area contributed by atoms with Crippen LogP contribution >= 0.6 is 0 Å². The van der Waals surface area contributed by atoms with E-state index in [-0.39, 0.29) is 17.4 Å². The van der Waals surface area contributed by atoms with Crippen LogP contribution in [0.25, 0.3) is 5.69 Å². The summed E-state index contributed by atoms with van der Waals surface area (Å²) >= 11 is 0. The molecule has 3 rings (SSSR count). The lowest BCUT2D eigenvalue weighted by atomic mass is 9.95. The topological polar surface area (TPSA) is 81.1 Å². The van der Waals surface area contributed by atoms with Crippen LogP contribution in [0.3, 0.4) is 0 Å². The lowest BCUT2D eigenvalue weighted by Crippen LogP contribution is -2.29. The summed E-state index contributed by atoms with van der Waals surface area (Å²) in [5.74, 6) is 0.113. The molecule has 1 aliphatic heterocycles. The molecule has 0 fully saturated rings. The number of anilines is 1. The molecule has 25 heavy (non-hydrogen) atoms. The van der Waals surface area contributed by atoms with E-state index in [0.717, 1.165) is 16.8 Å². The monoisotopic (exact) mass is 361 g/mol. The van der Waals surface area contributed by atoms with Gasteiger partial charge >= 0.3 is 0 Å². The third-order valence-electron chi connectivity index (χ3n) is 4.50. The standard InChI is InChI=1S/C18H23N3O3S/c1-11-7-6-8-15(12(11)2)21-16(19-17(22)18(3,4)5)13-9-25(23,24)10-14(13)20-21/h6-8H,9-10H2,1-5H3,(H,19,22). The molecule has 6 nitrogen and oxygen atoms in total. The van der Waals surface area contributed by atoms with Crippen molar-refractivity contribution in [3.05, 3.63) is 40.6 Å². The van der Waals surface area contributed by atoms with Crippen LogP contribution in [-0.2, 0) is 26.1 Å². The number of rotatable bonds is 2. The van der Waals surface area contributed by atoms with E-state index < -0.39 is 15.3 Å². The van der Waals surface area contributed by atoms with Crippen LogP contribution in [0.5, 0.6) is 0 Å². The molecule has 0 spiro atoms. The van der Waals surface area contributed by atoms with E-state index >= 15 is 0 Å². The maximum absolute atomic E-state index is 12.5. The second-order valence-electron chi connectivity index (χ2n) is 7.64. The number of carbonyl (C=O) groups is 1. The second kappa shape index (κ2) is 5.69. The number of nitrogens with one attached hydrogen (secondary N) is 1. The van der Waals surface area contributed by atoms with Gasteiger partial charge in [-0.15, -0.1) is 0 Å². The molecule has 1 aromatic carbocycles. The quantitative estimate of drug-likeness (QED) is 0.892. The van der Waals surface area contributed by atoms with Crippen LogP contribution in [0, 0.1) is 19.3 Å². The highest BCUT2D eigenvalue weighted by atomic mass is 32.2. The Kier molecular flexibility index (Phi) is 4.02. The molecule has 2 heterocycles. The van der Waals surface area contributed by atoms with Crippen LogP contribution in [0.2, 0.25) is 0 Å². The minimum Gasteiger partial charge on any atom is -0.310 e. The van der Waals surface area contributed by atoms with E-state index in [2.05, 4.69) is 10.4 Å². The first kappa shape index (κ1) is 17.7.